The van der Waals surface area contributed by atoms with Crippen LogP contribution in [0.25, 0.3) is 0 Å². The van der Waals surface area contributed by atoms with Crippen LogP contribution in [0, 0.1) is 25.5 Å². The molecule has 0 aliphatic rings. The molecular weight excluding hydrogens is 651 g/mol. The lowest BCUT2D eigenvalue weighted by Crippen LogP contribution is -2.48. The summed E-state index contributed by atoms with van der Waals surface area (Å²) in [6.07, 6.45) is 0. The van der Waals surface area contributed by atoms with E-state index in [1.54, 1.807) is 55.5 Å². The molecule has 4 aromatic carbocycles. The summed E-state index contributed by atoms with van der Waals surface area (Å²) in [7, 11) is -8.53. The molecule has 14 heteroatoms. The van der Waals surface area contributed by atoms with Crippen molar-refractivity contribution in [3.05, 3.63) is 120 Å². The zero-order valence-corrected chi connectivity index (χ0v) is 27.5. The van der Waals surface area contributed by atoms with Crippen molar-refractivity contribution in [3.8, 4) is 0 Å². The van der Waals surface area contributed by atoms with Crippen molar-refractivity contribution in [3.63, 3.8) is 0 Å². The number of nitrogens with one attached hydrogen (secondary N) is 2. The molecule has 0 bridgehead atoms. The normalized spacial score (nSPS) is 12.2. The minimum atomic E-state index is -4.27. The van der Waals surface area contributed by atoms with Gasteiger partial charge in [0, 0.05) is 12.6 Å². The highest BCUT2D eigenvalue weighted by atomic mass is 32.2. The van der Waals surface area contributed by atoms with Gasteiger partial charge in [-0.3, -0.25) is 18.2 Å². The Hall–Kier alpha value is -4.82. The van der Waals surface area contributed by atoms with E-state index in [2.05, 4.69) is 10.6 Å². The summed E-state index contributed by atoms with van der Waals surface area (Å²) in [6, 6.07) is 20.7. The zero-order chi connectivity index (χ0) is 34.4. The van der Waals surface area contributed by atoms with Crippen LogP contribution in [0.1, 0.15) is 18.1 Å². The molecule has 2 N–H and O–H groups in total. The van der Waals surface area contributed by atoms with E-state index in [0.29, 0.717) is 0 Å². The Morgan fingerprint density at radius 2 is 0.979 bits per heavy atom. The number of carbonyl (C=O) groups excluding carboxylic acids is 2. The van der Waals surface area contributed by atoms with E-state index < -0.39 is 62.6 Å². The van der Waals surface area contributed by atoms with Crippen LogP contribution in [-0.4, -0.2) is 54.3 Å². The lowest BCUT2D eigenvalue weighted by molar-refractivity contribution is -0.122. The second-order valence-corrected chi connectivity index (χ2v) is 14.6. The molecule has 1 atom stereocenters. The quantitative estimate of drug-likeness (QED) is 0.216. The van der Waals surface area contributed by atoms with E-state index >= 15 is 0 Å². The largest absolute Gasteiger partial charge is 0.352 e. The number of hydrogen-bond donors (Lipinski definition) is 2. The molecule has 2 amide bonds. The average Bonchev–Trinajstić information content (AvgIpc) is 3.03. The Balaban J connectivity index is 1.44. The van der Waals surface area contributed by atoms with Gasteiger partial charge in [-0.2, -0.15) is 0 Å². The first kappa shape index (κ1) is 35.0. The van der Waals surface area contributed by atoms with Gasteiger partial charge in [0.25, 0.3) is 20.0 Å². The van der Waals surface area contributed by atoms with E-state index in [9.17, 15) is 35.2 Å². The summed E-state index contributed by atoms with van der Waals surface area (Å²) < 4.78 is 82.8. The van der Waals surface area contributed by atoms with E-state index in [0.717, 1.165) is 68.3 Å². The highest BCUT2D eigenvalue weighted by Crippen LogP contribution is 2.25. The van der Waals surface area contributed by atoms with Gasteiger partial charge < -0.3 is 10.6 Å². The Labute approximate surface area is 273 Å². The van der Waals surface area contributed by atoms with E-state index in [4.69, 9.17) is 0 Å². The molecule has 0 saturated carbocycles. The molecular formula is C33H34F2N4O6S2. The van der Waals surface area contributed by atoms with E-state index in [1.807, 2.05) is 13.8 Å². The van der Waals surface area contributed by atoms with Crippen LogP contribution in [0.4, 0.5) is 20.2 Å². The molecule has 0 unspecified atom stereocenters. The third-order valence-electron chi connectivity index (χ3n) is 7.03. The number of amides is 2. The van der Waals surface area contributed by atoms with Gasteiger partial charge in [0.1, 0.15) is 24.7 Å². The third-order valence-corrected chi connectivity index (χ3v) is 10.6. The highest BCUT2D eigenvalue weighted by Gasteiger charge is 2.29. The van der Waals surface area contributed by atoms with Crippen molar-refractivity contribution in [1.29, 1.82) is 0 Å². The van der Waals surface area contributed by atoms with Crippen molar-refractivity contribution in [2.24, 2.45) is 0 Å². The predicted molar refractivity (Wildman–Crippen MR) is 175 cm³/mol. The van der Waals surface area contributed by atoms with Crippen LogP contribution in [0.2, 0.25) is 0 Å². The number of carbonyl (C=O) groups is 2. The minimum absolute atomic E-state index is 0.113. The van der Waals surface area contributed by atoms with Crippen LogP contribution in [-0.2, 0) is 29.6 Å². The summed E-state index contributed by atoms with van der Waals surface area (Å²) in [4.78, 5) is 25.7. The van der Waals surface area contributed by atoms with Gasteiger partial charge in [-0.15, -0.1) is 0 Å². The van der Waals surface area contributed by atoms with Gasteiger partial charge in [0.2, 0.25) is 11.8 Å². The van der Waals surface area contributed by atoms with E-state index in [1.165, 1.54) is 0 Å². The van der Waals surface area contributed by atoms with Crippen molar-refractivity contribution < 1.29 is 35.2 Å². The molecule has 4 aromatic rings. The SMILES string of the molecule is Cc1ccc(N(CC(=O)NC[C@@H](C)NC(=O)CN(c2ccc(C)cc2)S(=O)(=O)c2ccc(F)cc2)S(=O)(=O)c2ccc(F)cc2)cc1. The first-order chi connectivity index (χ1) is 22.2. The Kier molecular flexibility index (Phi) is 11.0. The van der Waals surface area contributed by atoms with Crippen molar-refractivity contribution in [2.45, 2.75) is 36.6 Å². The van der Waals surface area contributed by atoms with Gasteiger partial charge in [-0.05, 0) is 93.6 Å². The molecule has 0 fully saturated rings. The molecule has 47 heavy (non-hydrogen) atoms. The second kappa shape index (κ2) is 14.7. The first-order valence-electron chi connectivity index (χ1n) is 14.4. The van der Waals surface area contributed by atoms with E-state index in [-0.39, 0.29) is 27.7 Å². The summed E-state index contributed by atoms with van der Waals surface area (Å²) in [5.41, 5.74) is 2.17. The average molecular weight is 685 g/mol. The summed E-state index contributed by atoms with van der Waals surface area (Å²) in [5.74, 6) is -2.60. The maximum Gasteiger partial charge on any atom is 0.264 e. The smallest absolute Gasteiger partial charge is 0.264 e. The number of sulfonamides is 2. The number of hydrogen-bond acceptors (Lipinski definition) is 6. The fourth-order valence-corrected chi connectivity index (χ4v) is 7.32. The summed E-state index contributed by atoms with van der Waals surface area (Å²) >= 11 is 0. The monoisotopic (exact) mass is 684 g/mol. The number of nitrogens with zero attached hydrogens (tertiary/aromatic N) is 2. The molecule has 0 aliphatic heterocycles. The maximum absolute atomic E-state index is 13.5. The molecule has 0 spiro atoms. The third kappa shape index (κ3) is 8.92. The van der Waals surface area contributed by atoms with Crippen molar-refractivity contribution in [2.75, 3.05) is 28.2 Å². The molecule has 0 aromatic heterocycles. The molecule has 0 aliphatic carbocycles. The molecule has 248 valence electrons. The highest BCUT2D eigenvalue weighted by molar-refractivity contribution is 7.93. The second-order valence-electron chi connectivity index (χ2n) is 10.9. The van der Waals surface area contributed by atoms with Crippen LogP contribution in [0.15, 0.2) is 107 Å². The fraction of sp³-hybridized carbons (Fsp3) is 0.212. The summed E-state index contributed by atoms with van der Waals surface area (Å²) in [5, 5.41) is 5.24. The molecule has 0 saturated heterocycles. The Morgan fingerprint density at radius 1 is 0.617 bits per heavy atom. The van der Waals surface area contributed by atoms with Gasteiger partial charge in [0.05, 0.1) is 21.2 Å². The molecule has 0 radical (unpaired) electrons. The molecule has 10 nitrogen and oxygen atoms in total. The Bertz CT molecular complexity index is 1920. The number of aryl methyl sites for hydroxylation is 2. The van der Waals surface area contributed by atoms with Crippen LogP contribution in [0.3, 0.4) is 0 Å². The molecule has 0 heterocycles. The van der Waals surface area contributed by atoms with Crippen molar-refractivity contribution >= 4 is 43.2 Å². The van der Waals surface area contributed by atoms with Crippen LogP contribution in [0.5, 0.6) is 0 Å². The standard InChI is InChI=1S/C33H34F2N4O6S2/c1-23-4-12-28(13-5-23)38(46(42,43)30-16-8-26(34)9-17-30)21-32(40)36-20-25(3)37-33(41)22-39(29-14-6-24(2)7-15-29)47(44,45)31-18-10-27(35)11-19-31/h4-19,25H,20-22H2,1-3H3,(H,36,40)(H,37,41)/t25-/m1/s1. The fourth-order valence-electron chi connectivity index (χ4n) is 4.47. The van der Waals surface area contributed by atoms with Crippen molar-refractivity contribution in [1.82, 2.24) is 10.6 Å². The van der Waals surface area contributed by atoms with Gasteiger partial charge in [0.15, 0.2) is 0 Å². The topological polar surface area (TPSA) is 133 Å². The Morgan fingerprint density at radius 3 is 1.36 bits per heavy atom. The number of benzene rings is 4. The van der Waals surface area contributed by atoms with Gasteiger partial charge in [-0.1, -0.05) is 35.4 Å². The number of rotatable bonds is 13. The minimum Gasteiger partial charge on any atom is -0.352 e. The summed E-state index contributed by atoms with van der Waals surface area (Å²) in [6.45, 7) is 3.89. The zero-order valence-electron chi connectivity index (χ0n) is 25.9. The maximum atomic E-state index is 13.5. The number of halogens is 2. The first-order valence-corrected chi connectivity index (χ1v) is 17.3. The lowest BCUT2D eigenvalue weighted by atomic mass is 10.2. The van der Waals surface area contributed by atoms with Gasteiger partial charge in [-0.25, -0.2) is 25.6 Å². The molecule has 4 rings (SSSR count). The van der Waals surface area contributed by atoms with Gasteiger partial charge >= 0.3 is 0 Å². The predicted octanol–water partition coefficient (Wildman–Crippen LogP) is 4.29. The van der Waals surface area contributed by atoms with Crippen LogP contribution >= 0.6 is 0 Å². The lowest BCUT2D eigenvalue weighted by Gasteiger charge is -2.26. The van der Waals surface area contributed by atoms with Crippen LogP contribution < -0.4 is 19.2 Å². The number of anilines is 2.